The fourth-order valence-corrected chi connectivity index (χ4v) is 7.97. The summed E-state index contributed by atoms with van der Waals surface area (Å²) in [5.74, 6) is 1.28. The number of imidazole rings is 2. The number of rotatable bonds is 10. The molecule has 3 amide bonds. The molecule has 2 fully saturated rings. The zero-order valence-corrected chi connectivity index (χ0v) is 31.5. The van der Waals surface area contributed by atoms with Crippen LogP contribution in [0.5, 0.6) is 0 Å². The van der Waals surface area contributed by atoms with Gasteiger partial charge in [0.25, 0.3) is 5.91 Å². The Kier molecular flexibility index (Phi) is 10.5. The molecule has 2 aromatic heterocycles. The van der Waals surface area contributed by atoms with Crippen LogP contribution >= 0.6 is 0 Å². The molecular weight excluding hydrogens is 703 g/mol. The number of fused-ring (bicyclic) bond motifs is 1. The lowest BCUT2D eigenvalue weighted by Crippen LogP contribution is -2.42. The first-order valence-corrected chi connectivity index (χ1v) is 19.2. The Morgan fingerprint density at radius 3 is 2.09 bits per heavy atom. The van der Waals surface area contributed by atoms with E-state index in [0.717, 1.165) is 82.9 Å². The molecule has 284 valence electrons. The summed E-state index contributed by atoms with van der Waals surface area (Å²) in [7, 11) is 1.29. The topological polar surface area (TPSA) is 136 Å². The van der Waals surface area contributed by atoms with Crippen LogP contribution in [-0.4, -0.2) is 67.8 Å². The number of alkyl carbamates (subject to hydrolysis) is 1. The third kappa shape index (κ3) is 7.57. The third-order valence-electron chi connectivity index (χ3n) is 11.0. The van der Waals surface area contributed by atoms with Gasteiger partial charge in [0, 0.05) is 13.1 Å². The number of amides is 3. The molecule has 0 bridgehead atoms. The molecule has 0 aliphatic carbocycles. The van der Waals surface area contributed by atoms with E-state index in [-0.39, 0.29) is 29.8 Å². The first-order chi connectivity index (χ1) is 27.4. The SMILES string of the molecule is COC(=O)N[C@@H](C(=O)N1CCC[C@H]1c1nc2ccc(/C=C/c3ccc(-c4cnc([C@@H]5CCCN5C(=O)[C@H](C)c5ccccc5)[nH]4)cc3)cc2[nH]1)c1ccccc1. The van der Waals surface area contributed by atoms with Crippen molar-refractivity contribution in [3.63, 3.8) is 0 Å². The van der Waals surface area contributed by atoms with Crippen LogP contribution in [0.4, 0.5) is 4.79 Å². The summed E-state index contributed by atoms with van der Waals surface area (Å²) in [6.45, 7) is 3.28. The third-order valence-corrected chi connectivity index (χ3v) is 11.0. The van der Waals surface area contributed by atoms with Crippen molar-refractivity contribution >= 4 is 41.1 Å². The molecule has 4 heterocycles. The number of benzene rings is 4. The summed E-state index contributed by atoms with van der Waals surface area (Å²) < 4.78 is 4.83. The summed E-state index contributed by atoms with van der Waals surface area (Å²) >= 11 is 0. The van der Waals surface area contributed by atoms with Crippen molar-refractivity contribution < 1.29 is 19.1 Å². The number of hydrogen-bond donors (Lipinski definition) is 3. The molecule has 3 N–H and O–H groups in total. The first-order valence-electron chi connectivity index (χ1n) is 19.2. The van der Waals surface area contributed by atoms with Gasteiger partial charge in [-0.05, 0) is 72.6 Å². The molecule has 11 heteroatoms. The quantitative estimate of drug-likeness (QED) is 0.121. The van der Waals surface area contributed by atoms with Crippen molar-refractivity contribution in [2.75, 3.05) is 20.2 Å². The molecule has 0 saturated carbocycles. The van der Waals surface area contributed by atoms with Crippen LogP contribution in [0.1, 0.15) is 90.6 Å². The average molecular weight is 748 g/mol. The number of H-pyrrole nitrogens is 2. The lowest BCUT2D eigenvalue weighted by atomic mass is 9.99. The molecule has 0 unspecified atom stereocenters. The molecular formula is C45H45N7O4. The molecule has 11 nitrogen and oxygen atoms in total. The van der Waals surface area contributed by atoms with Gasteiger partial charge in [0.2, 0.25) is 5.91 Å². The van der Waals surface area contributed by atoms with E-state index < -0.39 is 12.1 Å². The second-order valence-corrected chi connectivity index (χ2v) is 14.5. The predicted octanol–water partition coefficient (Wildman–Crippen LogP) is 8.35. The van der Waals surface area contributed by atoms with Crippen molar-refractivity contribution in [2.45, 2.75) is 56.7 Å². The number of nitrogens with zero attached hydrogens (tertiary/aromatic N) is 4. The first kappa shape index (κ1) is 36.5. The highest BCUT2D eigenvalue weighted by Gasteiger charge is 2.37. The zero-order valence-electron chi connectivity index (χ0n) is 31.5. The molecule has 4 atom stereocenters. The van der Waals surface area contributed by atoms with Crippen molar-refractivity contribution in [3.8, 4) is 11.3 Å². The van der Waals surface area contributed by atoms with Gasteiger partial charge in [-0.15, -0.1) is 0 Å². The Labute approximate surface area is 325 Å². The predicted molar refractivity (Wildman–Crippen MR) is 216 cm³/mol. The Morgan fingerprint density at radius 2 is 1.39 bits per heavy atom. The normalized spacial score (nSPS) is 18.0. The van der Waals surface area contributed by atoms with Crippen molar-refractivity contribution in [3.05, 3.63) is 143 Å². The van der Waals surface area contributed by atoms with Gasteiger partial charge in [-0.25, -0.2) is 14.8 Å². The minimum Gasteiger partial charge on any atom is -0.453 e. The van der Waals surface area contributed by atoms with E-state index in [9.17, 15) is 14.4 Å². The van der Waals surface area contributed by atoms with Gasteiger partial charge in [0.1, 0.15) is 17.7 Å². The molecule has 2 aliphatic rings. The van der Waals surface area contributed by atoms with Gasteiger partial charge < -0.3 is 29.8 Å². The lowest BCUT2D eigenvalue weighted by Gasteiger charge is -2.28. The van der Waals surface area contributed by atoms with E-state index in [0.29, 0.717) is 12.1 Å². The number of nitrogens with one attached hydrogen (secondary N) is 3. The maximum atomic E-state index is 13.9. The highest BCUT2D eigenvalue weighted by atomic mass is 16.5. The number of likely N-dealkylation sites (tertiary alicyclic amines) is 2. The van der Waals surface area contributed by atoms with Crippen LogP contribution in [0, 0.1) is 0 Å². The molecule has 2 saturated heterocycles. The van der Waals surface area contributed by atoms with E-state index in [4.69, 9.17) is 14.7 Å². The monoisotopic (exact) mass is 747 g/mol. The maximum Gasteiger partial charge on any atom is 0.407 e. The molecule has 6 aromatic rings. The van der Waals surface area contributed by atoms with Gasteiger partial charge in [-0.3, -0.25) is 9.59 Å². The summed E-state index contributed by atoms with van der Waals surface area (Å²) in [6.07, 6.45) is 8.78. The Hall–Kier alpha value is -6.49. The number of carbonyl (C=O) groups excluding carboxylic acids is 3. The van der Waals surface area contributed by atoms with Crippen LogP contribution in [0.25, 0.3) is 34.4 Å². The maximum absolute atomic E-state index is 13.9. The zero-order chi connectivity index (χ0) is 38.6. The van der Waals surface area contributed by atoms with Crippen LogP contribution in [0.3, 0.4) is 0 Å². The Balaban J connectivity index is 0.929. The van der Waals surface area contributed by atoms with Crippen molar-refractivity contribution in [2.24, 2.45) is 0 Å². The van der Waals surface area contributed by atoms with E-state index in [1.165, 1.54) is 7.11 Å². The van der Waals surface area contributed by atoms with Crippen molar-refractivity contribution in [1.82, 2.24) is 35.1 Å². The molecule has 0 radical (unpaired) electrons. The average Bonchev–Trinajstić information content (AvgIpc) is 4.08. The van der Waals surface area contributed by atoms with Crippen LogP contribution in [-0.2, 0) is 14.3 Å². The summed E-state index contributed by atoms with van der Waals surface area (Å²) in [5, 5.41) is 2.72. The minimum absolute atomic E-state index is 0.0603. The second-order valence-electron chi connectivity index (χ2n) is 14.5. The van der Waals surface area contributed by atoms with Gasteiger partial charge in [0.05, 0.1) is 48.0 Å². The lowest BCUT2D eigenvalue weighted by molar-refractivity contribution is -0.135. The highest BCUT2D eigenvalue weighted by Crippen LogP contribution is 2.36. The van der Waals surface area contributed by atoms with Gasteiger partial charge in [-0.1, -0.05) is 103 Å². The standard InChI is InChI=1S/C45H45N7O4/c1-29(32-11-5-3-6-12-32)43(53)51-25-9-15-38(51)41-46-28-37(49-41)33-22-19-30(20-23-33)17-18-31-21-24-35-36(27-31)48-42(47-35)39-16-10-26-52(39)44(54)40(50-45(55)56-2)34-13-7-4-8-14-34/h3-8,11-14,17-24,27-29,38-40H,9-10,15-16,25-26H2,1-2H3,(H,46,49)(H,47,48)(H,50,55)/b18-17+/t29-,38+,39+,40-/m1/s1. The number of carbonyl (C=O) groups is 3. The fraction of sp³-hybridized carbons (Fsp3) is 0.267. The second kappa shape index (κ2) is 16.1. The van der Waals surface area contributed by atoms with Crippen LogP contribution in [0.2, 0.25) is 0 Å². The van der Waals surface area contributed by atoms with Crippen LogP contribution in [0.15, 0.2) is 109 Å². The number of ether oxygens (including phenoxy) is 1. The molecule has 0 spiro atoms. The Morgan fingerprint density at radius 1 is 0.768 bits per heavy atom. The number of aromatic amines is 2. The number of hydrogen-bond acceptors (Lipinski definition) is 6. The Bertz CT molecular complexity index is 2350. The smallest absolute Gasteiger partial charge is 0.407 e. The van der Waals surface area contributed by atoms with Gasteiger partial charge >= 0.3 is 6.09 Å². The van der Waals surface area contributed by atoms with E-state index in [1.807, 2.05) is 90.8 Å². The van der Waals surface area contributed by atoms with E-state index in [1.54, 1.807) is 4.90 Å². The van der Waals surface area contributed by atoms with E-state index >= 15 is 0 Å². The number of aromatic nitrogens is 4. The number of methoxy groups -OCH3 is 1. The molecule has 56 heavy (non-hydrogen) atoms. The van der Waals surface area contributed by atoms with Gasteiger partial charge in [-0.2, -0.15) is 0 Å². The minimum atomic E-state index is -0.870. The van der Waals surface area contributed by atoms with Crippen molar-refractivity contribution in [1.29, 1.82) is 0 Å². The summed E-state index contributed by atoms with van der Waals surface area (Å²) in [5.41, 5.74) is 7.43. The largest absolute Gasteiger partial charge is 0.453 e. The highest BCUT2D eigenvalue weighted by molar-refractivity contribution is 5.88. The van der Waals surface area contributed by atoms with E-state index in [2.05, 4.69) is 57.8 Å². The molecule has 2 aliphatic heterocycles. The van der Waals surface area contributed by atoms with Gasteiger partial charge in [0.15, 0.2) is 0 Å². The fourth-order valence-electron chi connectivity index (χ4n) is 7.97. The van der Waals surface area contributed by atoms with Crippen LogP contribution < -0.4 is 5.32 Å². The summed E-state index contributed by atoms with van der Waals surface area (Å²) in [6, 6.07) is 32.4. The summed E-state index contributed by atoms with van der Waals surface area (Å²) in [4.78, 5) is 60.0. The molecule has 4 aromatic carbocycles. The molecule has 8 rings (SSSR count).